The molecule has 1 N–H and O–H groups in total. The SMILES string of the molecule is O=C(NCc1ccccc1Cl)N1CCN(C(c2ccccc2)c2ccccc2)CC1. The molecule has 1 aliphatic rings. The van der Waals surface area contributed by atoms with Crippen LogP contribution in [0.3, 0.4) is 0 Å². The van der Waals surface area contributed by atoms with Crippen LogP contribution in [0.15, 0.2) is 84.9 Å². The number of benzene rings is 3. The summed E-state index contributed by atoms with van der Waals surface area (Å²) in [6, 6.07) is 28.9. The number of piperazine rings is 1. The van der Waals surface area contributed by atoms with Crippen LogP contribution in [0.2, 0.25) is 5.02 Å². The van der Waals surface area contributed by atoms with Crippen molar-refractivity contribution in [1.82, 2.24) is 15.1 Å². The molecule has 0 spiro atoms. The Morgan fingerprint density at radius 2 is 1.33 bits per heavy atom. The fraction of sp³-hybridized carbons (Fsp3) is 0.240. The van der Waals surface area contributed by atoms with E-state index in [1.807, 2.05) is 41.3 Å². The Morgan fingerprint density at radius 1 is 0.800 bits per heavy atom. The average molecular weight is 420 g/mol. The zero-order chi connectivity index (χ0) is 20.8. The number of nitrogens with one attached hydrogen (secondary N) is 1. The molecule has 1 saturated heterocycles. The Balaban J connectivity index is 1.40. The topological polar surface area (TPSA) is 35.6 Å². The number of halogens is 1. The van der Waals surface area contributed by atoms with E-state index in [1.54, 1.807) is 0 Å². The standard InChI is InChI=1S/C25H26ClN3O/c26-23-14-8-7-13-22(23)19-27-25(30)29-17-15-28(16-18-29)24(20-9-3-1-4-10-20)21-11-5-2-6-12-21/h1-14,24H,15-19H2,(H,27,30). The Bertz CT molecular complexity index is 917. The molecule has 0 aromatic heterocycles. The van der Waals surface area contributed by atoms with E-state index in [9.17, 15) is 4.79 Å². The van der Waals surface area contributed by atoms with Gasteiger partial charge in [-0.3, -0.25) is 4.90 Å². The van der Waals surface area contributed by atoms with Crippen molar-refractivity contribution >= 4 is 17.6 Å². The molecular formula is C25H26ClN3O. The minimum atomic E-state index is -0.0365. The molecule has 1 fully saturated rings. The highest BCUT2D eigenvalue weighted by molar-refractivity contribution is 6.31. The summed E-state index contributed by atoms with van der Waals surface area (Å²) in [6.45, 7) is 3.49. The predicted molar refractivity (Wildman–Crippen MR) is 122 cm³/mol. The third kappa shape index (κ3) is 4.84. The van der Waals surface area contributed by atoms with E-state index in [0.717, 1.165) is 18.7 Å². The number of hydrogen-bond donors (Lipinski definition) is 1. The molecule has 3 aromatic rings. The molecule has 0 saturated carbocycles. The van der Waals surface area contributed by atoms with Crippen LogP contribution in [0, 0.1) is 0 Å². The predicted octanol–water partition coefficient (Wildman–Crippen LogP) is 4.96. The first-order valence-electron chi connectivity index (χ1n) is 10.3. The molecule has 0 bridgehead atoms. The first-order chi connectivity index (χ1) is 14.7. The van der Waals surface area contributed by atoms with Gasteiger partial charge in [-0.25, -0.2) is 4.79 Å². The van der Waals surface area contributed by atoms with Gasteiger partial charge < -0.3 is 10.2 Å². The highest BCUT2D eigenvalue weighted by Gasteiger charge is 2.28. The molecule has 0 unspecified atom stereocenters. The lowest BCUT2D eigenvalue weighted by Crippen LogP contribution is -2.52. The van der Waals surface area contributed by atoms with E-state index in [0.29, 0.717) is 24.7 Å². The van der Waals surface area contributed by atoms with Crippen LogP contribution in [0.4, 0.5) is 4.79 Å². The van der Waals surface area contributed by atoms with Gasteiger partial charge in [0.15, 0.2) is 0 Å². The van der Waals surface area contributed by atoms with Gasteiger partial charge in [-0.1, -0.05) is 90.5 Å². The molecule has 5 heteroatoms. The molecule has 0 aliphatic carbocycles. The Hall–Kier alpha value is -2.82. The second kappa shape index (κ2) is 9.79. The maximum absolute atomic E-state index is 12.7. The summed E-state index contributed by atoms with van der Waals surface area (Å²) >= 11 is 6.19. The quantitative estimate of drug-likeness (QED) is 0.634. The zero-order valence-electron chi connectivity index (χ0n) is 16.9. The van der Waals surface area contributed by atoms with Crippen LogP contribution < -0.4 is 5.32 Å². The molecule has 154 valence electrons. The smallest absolute Gasteiger partial charge is 0.317 e. The van der Waals surface area contributed by atoms with Crippen molar-refractivity contribution in [3.63, 3.8) is 0 Å². The van der Waals surface area contributed by atoms with E-state index in [1.165, 1.54) is 11.1 Å². The minimum Gasteiger partial charge on any atom is -0.334 e. The van der Waals surface area contributed by atoms with Gasteiger partial charge in [0, 0.05) is 37.7 Å². The van der Waals surface area contributed by atoms with E-state index in [2.05, 4.69) is 58.7 Å². The number of nitrogens with zero attached hydrogens (tertiary/aromatic N) is 2. The maximum Gasteiger partial charge on any atom is 0.317 e. The normalized spacial score (nSPS) is 14.7. The monoisotopic (exact) mass is 419 g/mol. The van der Waals surface area contributed by atoms with Crippen molar-refractivity contribution in [2.45, 2.75) is 12.6 Å². The number of rotatable bonds is 5. The second-order valence-electron chi connectivity index (χ2n) is 7.50. The van der Waals surface area contributed by atoms with Crippen molar-refractivity contribution in [3.05, 3.63) is 107 Å². The Labute approximate surface area is 183 Å². The van der Waals surface area contributed by atoms with Gasteiger partial charge in [-0.05, 0) is 22.8 Å². The summed E-state index contributed by atoms with van der Waals surface area (Å²) in [5.41, 5.74) is 3.49. The molecule has 2 amide bonds. The molecule has 3 aromatic carbocycles. The second-order valence-corrected chi connectivity index (χ2v) is 7.90. The molecule has 0 radical (unpaired) electrons. The molecule has 0 atom stereocenters. The number of carbonyl (C=O) groups excluding carboxylic acids is 1. The molecule has 4 nitrogen and oxygen atoms in total. The molecule has 30 heavy (non-hydrogen) atoms. The number of urea groups is 1. The van der Waals surface area contributed by atoms with E-state index >= 15 is 0 Å². The van der Waals surface area contributed by atoms with Crippen LogP contribution in [-0.4, -0.2) is 42.0 Å². The van der Waals surface area contributed by atoms with Crippen LogP contribution in [0.25, 0.3) is 0 Å². The number of amides is 2. The third-order valence-electron chi connectivity index (χ3n) is 5.59. The van der Waals surface area contributed by atoms with Crippen molar-refractivity contribution in [1.29, 1.82) is 0 Å². The largest absolute Gasteiger partial charge is 0.334 e. The fourth-order valence-corrected chi connectivity index (χ4v) is 4.19. The molecular weight excluding hydrogens is 394 g/mol. The molecule has 1 heterocycles. The average Bonchev–Trinajstić information content (AvgIpc) is 2.80. The zero-order valence-corrected chi connectivity index (χ0v) is 17.6. The number of hydrogen-bond acceptors (Lipinski definition) is 2. The highest BCUT2D eigenvalue weighted by Crippen LogP contribution is 2.29. The van der Waals surface area contributed by atoms with E-state index in [4.69, 9.17) is 11.6 Å². The van der Waals surface area contributed by atoms with Gasteiger partial charge in [-0.2, -0.15) is 0 Å². The van der Waals surface area contributed by atoms with Gasteiger partial charge in [-0.15, -0.1) is 0 Å². The van der Waals surface area contributed by atoms with Gasteiger partial charge in [0.1, 0.15) is 0 Å². The van der Waals surface area contributed by atoms with Crippen molar-refractivity contribution < 1.29 is 4.79 Å². The summed E-state index contributed by atoms with van der Waals surface area (Å²) in [4.78, 5) is 17.0. The lowest BCUT2D eigenvalue weighted by Gasteiger charge is -2.39. The van der Waals surface area contributed by atoms with Crippen LogP contribution in [0.1, 0.15) is 22.7 Å². The molecule has 4 rings (SSSR count). The first-order valence-corrected chi connectivity index (χ1v) is 10.7. The number of carbonyl (C=O) groups is 1. The lowest BCUT2D eigenvalue weighted by molar-refractivity contribution is 0.120. The van der Waals surface area contributed by atoms with E-state index in [-0.39, 0.29) is 12.1 Å². The highest BCUT2D eigenvalue weighted by atomic mass is 35.5. The van der Waals surface area contributed by atoms with Gasteiger partial charge >= 0.3 is 6.03 Å². The van der Waals surface area contributed by atoms with Gasteiger partial charge in [0.2, 0.25) is 0 Å². The summed E-state index contributed by atoms with van der Waals surface area (Å²) in [6.07, 6.45) is 0. The summed E-state index contributed by atoms with van der Waals surface area (Å²) in [7, 11) is 0. The summed E-state index contributed by atoms with van der Waals surface area (Å²) < 4.78 is 0. The maximum atomic E-state index is 12.7. The van der Waals surface area contributed by atoms with Crippen molar-refractivity contribution in [2.24, 2.45) is 0 Å². The lowest BCUT2D eigenvalue weighted by atomic mass is 9.96. The van der Waals surface area contributed by atoms with E-state index < -0.39 is 0 Å². The van der Waals surface area contributed by atoms with Crippen molar-refractivity contribution in [2.75, 3.05) is 26.2 Å². The van der Waals surface area contributed by atoms with Gasteiger partial charge in [0.05, 0.1) is 6.04 Å². The van der Waals surface area contributed by atoms with Crippen molar-refractivity contribution in [3.8, 4) is 0 Å². The fourth-order valence-electron chi connectivity index (χ4n) is 3.99. The summed E-state index contributed by atoms with van der Waals surface area (Å²) in [5, 5.41) is 3.68. The van der Waals surface area contributed by atoms with Crippen LogP contribution >= 0.6 is 11.6 Å². The third-order valence-corrected chi connectivity index (χ3v) is 5.95. The summed E-state index contributed by atoms with van der Waals surface area (Å²) in [5.74, 6) is 0. The van der Waals surface area contributed by atoms with Gasteiger partial charge in [0.25, 0.3) is 0 Å². The first kappa shape index (κ1) is 20.5. The Kier molecular flexibility index (Phi) is 6.67. The minimum absolute atomic E-state index is 0.0365. The Morgan fingerprint density at radius 3 is 1.90 bits per heavy atom. The van der Waals surface area contributed by atoms with Crippen LogP contribution in [-0.2, 0) is 6.54 Å². The molecule has 1 aliphatic heterocycles. The van der Waals surface area contributed by atoms with Crippen LogP contribution in [0.5, 0.6) is 0 Å².